The van der Waals surface area contributed by atoms with E-state index in [0.29, 0.717) is 11.1 Å². The molecule has 124 valence electrons. The quantitative estimate of drug-likeness (QED) is 0.724. The molecule has 1 aliphatic carbocycles. The fourth-order valence-corrected chi connectivity index (χ4v) is 3.30. The normalized spacial score (nSPS) is 20.8. The average molecular weight is 401 g/mol. The number of pyridine rings is 1. The van der Waals surface area contributed by atoms with Gasteiger partial charge in [-0.15, -0.1) is 12.4 Å². The standard InChI is InChI=1S/C16H18BrN3O2.ClH/c17-9-1-6-14-12(7-9)13(8-15(21)20-14)16(22)19-11-4-2-10(18)3-5-11;/h1,6-8,10-11H,2-5,18H2,(H,19,22)(H,20,21);1H. The molecule has 1 saturated carbocycles. The Balaban J connectivity index is 0.00000192. The zero-order chi connectivity index (χ0) is 15.7. The molecule has 0 bridgehead atoms. The molecule has 0 atom stereocenters. The van der Waals surface area contributed by atoms with Crippen LogP contribution in [-0.2, 0) is 0 Å². The molecular weight excluding hydrogens is 382 g/mol. The summed E-state index contributed by atoms with van der Waals surface area (Å²) in [5.74, 6) is -0.199. The predicted molar refractivity (Wildman–Crippen MR) is 97.2 cm³/mol. The summed E-state index contributed by atoms with van der Waals surface area (Å²) in [6, 6.07) is 7.20. The van der Waals surface area contributed by atoms with Crippen molar-refractivity contribution in [3.05, 3.63) is 44.7 Å². The number of aromatic nitrogens is 1. The second kappa shape index (κ2) is 7.47. The van der Waals surface area contributed by atoms with Gasteiger partial charge < -0.3 is 16.0 Å². The molecule has 0 unspecified atom stereocenters. The van der Waals surface area contributed by atoms with Gasteiger partial charge in [-0.25, -0.2) is 0 Å². The second-order valence-electron chi connectivity index (χ2n) is 5.82. The second-order valence-corrected chi connectivity index (χ2v) is 6.74. The van der Waals surface area contributed by atoms with Gasteiger partial charge in [0.05, 0.1) is 5.56 Å². The molecule has 1 amide bonds. The van der Waals surface area contributed by atoms with Crippen molar-refractivity contribution in [2.75, 3.05) is 0 Å². The lowest BCUT2D eigenvalue weighted by molar-refractivity contribution is 0.0927. The number of H-pyrrole nitrogens is 1. The predicted octanol–water partition coefficient (Wildman–Crippen LogP) is 2.71. The van der Waals surface area contributed by atoms with Gasteiger partial charge in [0.1, 0.15) is 0 Å². The molecule has 0 aliphatic heterocycles. The Bertz CT molecular complexity index is 769. The summed E-state index contributed by atoms with van der Waals surface area (Å²) in [6.07, 6.45) is 3.62. The first-order valence-electron chi connectivity index (χ1n) is 7.42. The van der Waals surface area contributed by atoms with Gasteiger partial charge in [-0.2, -0.15) is 0 Å². The molecule has 3 rings (SSSR count). The first-order valence-corrected chi connectivity index (χ1v) is 8.21. The van der Waals surface area contributed by atoms with Gasteiger partial charge in [0, 0.05) is 33.5 Å². The van der Waals surface area contributed by atoms with Crippen LogP contribution in [0.15, 0.2) is 33.5 Å². The Morgan fingerprint density at radius 1 is 1.22 bits per heavy atom. The van der Waals surface area contributed by atoms with Gasteiger partial charge in [0.2, 0.25) is 5.56 Å². The molecule has 0 radical (unpaired) electrons. The number of hydrogen-bond donors (Lipinski definition) is 3. The van der Waals surface area contributed by atoms with Crippen LogP contribution in [0, 0.1) is 0 Å². The third kappa shape index (κ3) is 4.13. The third-order valence-corrected chi connectivity index (χ3v) is 4.65. The van der Waals surface area contributed by atoms with Crippen LogP contribution in [0.4, 0.5) is 0 Å². The number of aromatic amines is 1. The van der Waals surface area contributed by atoms with Crippen LogP contribution >= 0.6 is 28.3 Å². The molecule has 1 fully saturated rings. The maximum absolute atomic E-state index is 12.6. The number of nitrogens with two attached hydrogens (primary N) is 1. The lowest BCUT2D eigenvalue weighted by atomic mass is 9.91. The Morgan fingerprint density at radius 2 is 1.91 bits per heavy atom. The smallest absolute Gasteiger partial charge is 0.252 e. The number of nitrogens with one attached hydrogen (secondary N) is 2. The van der Waals surface area contributed by atoms with E-state index in [1.165, 1.54) is 6.07 Å². The molecule has 1 aromatic carbocycles. The van der Waals surface area contributed by atoms with E-state index in [2.05, 4.69) is 26.2 Å². The zero-order valence-electron chi connectivity index (χ0n) is 12.5. The van der Waals surface area contributed by atoms with Crippen molar-refractivity contribution in [1.29, 1.82) is 0 Å². The number of hydrogen-bond acceptors (Lipinski definition) is 3. The third-order valence-electron chi connectivity index (χ3n) is 4.16. The minimum atomic E-state index is -0.273. The van der Waals surface area contributed by atoms with Crippen molar-refractivity contribution in [1.82, 2.24) is 10.3 Å². The van der Waals surface area contributed by atoms with E-state index in [0.717, 1.165) is 35.5 Å². The highest BCUT2D eigenvalue weighted by molar-refractivity contribution is 9.10. The zero-order valence-corrected chi connectivity index (χ0v) is 14.9. The summed E-state index contributed by atoms with van der Waals surface area (Å²) in [7, 11) is 0. The molecular formula is C16H19BrClN3O2. The van der Waals surface area contributed by atoms with E-state index >= 15 is 0 Å². The van der Waals surface area contributed by atoms with Gasteiger partial charge in [0.25, 0.3) is 5.91 Å². The molecule has 0 saturated heterocycles. The van der Waals surface area contributed by atoms with Gasteiger partial charge in [0.15, 0.2) is 0 Å². The van der Waals surface area contributed by atoms with E-state index in [4.69, 9.17) is 5.73 Å². The van der Waals surface area contributed by atoms with E-state index in [9.17, 15) is 9.59 Å². The number of benzene rings is 1. The molecule has 5 nitrogen and oxygen atoms in total. The summed E-state index contributed by atoms with van der Waals surface area (Å²) in [4.78, 5) is 27.1. The van der Waals surface area contributed by atoms with Crippen molar-refractivity contribution in [2.24, 2.45) is 5.73 Å². The summed E-state index contributed by atoms with van der Waals surface area (Å²) in [5.41, 5.74) is 6.68. The highest BCUT2D eigenvalue weighted by atomic mass is 79.9. The number of fused-ring (bicyclic) bond motifs is 1. The van der Waals surface area contributed by atoms with Crippen molar-refractivity contribution in [3.63, 3.8) is 0 Å². The topological polar surface area (TPSA) is 88.0 Å². The molecule has 1 aliphatic rings. The fraction of sp³-hybridized carbons (Fsp3) is 0.375. The van der Waals surface area contributed by atoms with Crippen LogP contribution in [0.5, 0.6) is 0 Å². The molecule has 1 heterocycles. The maximum atomic E-state index is 12.6. The van der Waals surface area contributed by atoms with Crippen molar-refractivity contribution < 1.29 is 4.79 Å². The van der Waals surface area contributed by atoms with Crippen LogP contribution in [0.2, 0.25) is 0 Å². The summed E-state index contributed by atoms with van der Waals surface area (Å²) < 4.78 is 0.865. The maximum Gasteiger partial charge on any atom is 0.252 e. The van der Waals surface area contributed by atoms with Crippen LogP contribution in [0.3, 0.4) is 0 Å². The molecule has 2 aromatic rings. The average Bonchev–Trinajstić information content (AvgIpc) is 2.49. The van der Waals surface area contributed by atoms with E-state index in [1.807, 2.05) is 12.1 Å². The fourth-order valence-electron chi connectivity index (χ4n) is 2.94. The summed E-state index contributed by atoms with van der Waals surface area (Å²) >= 11 is 3.40. The lowest BCUT2D eigenvalue weighted by Crippen LogP contribution is -2.40. The molecule has 7 heteroatoms. The number of amides is 1. The van der Waals surface area contributed by atoms with Crippen LogP contribution in [0.1, 0.15) is 36.0 Å². The van der Waals surface area contributed by atoms with Gasteiger partial charge in [-0.1, -0.05) is 15.9 Å². The molecule has 0 spiro atoms. The number of carbonyl (C=O) groups is 1. The van der Waals surface area contributed by atoms with Gasteiger partial charge >= 0.3 is 0 Å². The monoisotopic (exact) mass is 399 g/mol. The minimum absolute atomic E-state index is 0. The van der Waals surface area contributed by atoms with E-state index in [-0.39, 0.29) is 36.0 Å². The Kier molecular flexibility index (Phi) is 5.84. The van der Waals surface area contributed by atoms with Crippen LogP contribution in [-0.4, -0.2) is 23.0 Å². The first kappa shape index (κ1) is 18.0. The van der Waals surface area contributed by atoms with Crippen molar-refractivity contribution in [3.8, 4) is 0 Å². The number of halogens is 2. The molecule has 23 heavy (non-hydrogen) atoms. The van der Waals surface area contributed by atoms with Crippen LogP contribution < -0.4 is 16.6 Å². The molecule has 1 aromatic heterocycles. The highest BCUT2D eigenvalue weighted by Crippen LogP contribution is 2.22. The Hall–Kier alpha value is -1.37. The van der Waals surface area contributed by atoms with Crippen molar-refractivity contribution >= 4 is 45.1 Å². The minimum Gasteiger partial charge on any atom is -0.349 e. The van der Waals surface area contributed by atoms with Gasteiger partial charge in [-0.05, 0) is 43.9 Å². The first-order chi connectivity index (χ1) is 10.5. The lowest BCUT2D eigenvalue weighted by Gasteiger charge is -2.26. The summed E-state index contributed by atoms with van der Waals surface area (Å²) in [6.45, 7) is 0. The van der Waals surface area contributed by atoms with Gasteiger partial charge in [-0.3, -0.25) is 9.59 Å². The Labute approximate surface area is 148 Å². The van der Waals surface area contributed by atoms with E-state index < -0.39 is 0 Å². The highest BCUT2D eigenvalue weighted by Gasteiger charge is 2.21. The molecule has 4 N–H and O–H groups in total. The number of carbonyl (C=O) groups excluding carboxylic acids is 1. The van der Waals surface area contributed by atoms with Crippen LogP contribution in [0.25, 0.3) is 10.9 Å². The Morgan fingerprint density at radius 3 is 2.61 bits per heavy atom. The summed E-state index contributed by atoms with van der Waals surface area (Å²) in [5, 5.41) is 3.77. The van der Waals surface area contributed by atoms with Crippen molar-refractivity contribution in [2.45, 2.75) is 37.8 Å². The largest absolute Gasteiger partial charge is 0.349 e. The SMILES string of the molecule is Cl.NC1CCC(NC(=O)c2cc(=O)[nH]c3ccc(Br)cc23)CC1. The number of rotatable bonds is 2. The van der Waals surface area contributed by atoms with E-state index in [1.54, 1.807) is 6.07 Å².